The van der Waals surface area contributed by atoms with Gasteiger partial charge < -0.3 is 25.6 Å². The summed E-state index contributed by atoms with van der Waals surface area (Å²) in [4.78, 5) is 31.9. The van der Waals surface area contributed by atoms with Gasteiger partial charge in [-0.1, -0.05) is 51.5 Å². The van der Waals surface area contributed by atoms with E-state index in [0.29, 0.717) is 18.2 Å². The van der Waals surface area contributed by atoms with E-state index in [-0.39, 0.29) is 35.1 Å². The molecular formula is C37H55N5O3. The molecule has 246 valence electrons. The van der Waals surface area contributed by atoms with Crippen molar-refractivity contribution in [2.24, 2.45) is 17.3 Å². The predicted molar refractivity (Wildman–Crippen MR) is 183 cm³/mol. The van der Waals surface area contributed by atoms with Gasteiger partial charge in [0, 0.05) is 56.6 Å². The summed E-state index contributed by atoms with van der Waals surface area (Å²) in [7, 11) is 2.17. The number of amides is 2. The van der Waals surface area contributed by atoms with Crippen molar-refractivity contribution < 1.29 is 14.3 Å². The zero-order valence-corrected chi connectivity index (χ0v) is 28.4. The number of piperidine rings is 2. The molecule has 2 aromatic rings. The number of benzene rings is 2. The van der Waals surface area contributed by atoms with E-state index < -0.39 is 0 Å². The van der Waals surface area contributed by atoms with E-state index in [1.165, 1.54) is 5.56 Å². The van der Waals surface area contributed by atoms with Crippen molar-refractivity contribution in [3.63, 3.8) is 0 Å². The van der Waals surface area contributed by atoms with Gasteiger partial charge in [-0.25, -0.2) is 0 Å². The maximum Gasteiger partial charge on any atom is 0.251 e. The molecule has 3 heterocycles. The van der Waals surface area contributed by atoms with Gasteiger partial charge in [0.2, 0.25) is 5.91 Å². The minimum absolute atomic E-state index is 0.00738. The Labute approximate surface area is 270 Å². The van der Waals surface area contributed by atoms with Gasteiger partial charge >= 0.3 is 0 Å². The van der Waals surface area contributed by atoms with E-state index in [4.69, 9.17) is 4.74 Å². The third-order valence-electron chi connectivity index (χ3n) is 11.3. The summed E-state index contributed by atoms with van der Waals surface area (Å²) < 4.78 is 5.51. The Hall–Kier alpha value is -2.94. The molecule has 0 spiro atoms. The molecule has 0 aliphatic carbocycles. The normalized spacial score (nSPS) is 26.4. The van der Waals surface area contributed by atoms with Crippen LogP contribution in [0.4, 0.5) is 5.69 Å². The molecule has 3 N–H and O–H groups in total. The lowest BCUT2D eigenvalue weighted by atomic mass is 9.62. The molecule has 5 rings (SSSR count). The minimum atomic E-state index is -0.263. The molecule has 0 aromatic heterocycles. The van der Waals surface area contributed by atoms with Gasteiger partial charge in [0.05, 0.1) is 19.1 Å². The van der Waals surface area contributed by atoms with Crippen molar-refractivity contribution in [1.29, 1.82) is 0 Å². The predicted octanol–water partition coefficient (Wildman–Crippen LogP) is 4.99. The number of morpholine rings is 1. The Balaban J connectivity index is 1.40. The average molecular weight is 618 g/mol. The molecule has 0 saturated carbocycles. The van der Waals surface area contributed by atoms with E-state index in [1.54, 1.807) is 0 Å². The fourth-order valence-corrected chi connectivity index (χ4v) is 7.80. The topological polar surface area (TPSA) is 85.9 Å². The number of nitrogens with one attached hydrogen (secondary N) is 3. The van der Waals surface area contributed by atoms with Crippen molar-refractivity contribution in [3.8, 4) is 11.1 Å². The highest BCUT2D eigenvalue weighted by Crippen LogP contribution is 2.43. The van der Waals surface area contributed by atoms with E-state index >= 15 is 0 Å². The molecule has 45 heavy (non-hydrogen) atoms. The second-order valence-corrected chi connectivity index (χ2v) is 13.9. The molecule has 0 radical (unpaired) electrons. The summed E-state index contributed by atoms with van der Waals surface area (Å²) in [5.41, 5.74) is 6.15. The summed E-state index contributed by atoms with van der Waals surface area (Å²) in [5, 5.41) is 9.89. The van der Waals surface area contributed by atoms with Gasteiger partial charge in [-0.15, -0.1) is 0 Å². The van der Waals surface area contributed by atoms with Crippen molar-refractivity contribution >= 4 is 17.5 Å². The smallest absolute Gasteiger partial charge is 0.251 e. The van der Waals surface area contributed by atoms with Gasteiger partial charge in [-0.05, 0) is 91.9 Å². The highest BCUT2D eigenvalue weighted by molar-refractivity contribution is 5.99. The Morgan fingerprint density at radius 3 is 2.44 bits per heavy atom. The standard InChI is InChI=1S/C37H55N5O3/c1-7-14-37(5)26(3)33(36(44)40-27(37)4)23-39-35(43)32-21-30(22-34(25(32)2)41(6)31-12-15-38-16-13-31)29-10-8-28(9-11-29)24-42-17-19-45-20-18-42/h8-11,21-22,26-27,31,33,38H,7,12-20,23-24H2,1-6H3,(H,39,43)(H,40,44). The molecular weight excluding hydrogens is 562 g/mol. The third kappa shape index (κ3) is 7.39. The second kappa shape index (κ2) is 14.7. The lowest BCUT2D eigenvalue weighted by Crippen LogP contribution is -2.60. The van der Waals surface area contributed by atoms with Crippen LogP contribution in [0.2, 0.25) is 0 Å². The van der Waals surface area contributed by atoms with Crippen molar-refractivity contribution in [2.75, 3.05) is 57.9 Å². The zero-order chi connectivity index (χ0) is 32.1. The fraction of sp³-hybridized carbons (Fsp3) is 0.622. The summed E-state index contributed by atoms with van der Waals surface area (Å²) >= 11 is 0. The molecule has 3 saturated heterocycles. The number of carbonyl (C=O) groups is 2. The lowest BCUT2D eigenvalue weighted by molar-refractivity contribution is -0.135. The SMILES string of the molecule is CCCC1(C)C(C)NC(=O)C(CNC(=O)c2cc(-c3ccc(CN4CCOCC4)cc3)cc(N(C)C3CCNCC3)c2C)C1C. The zero-order valence-electron chi connectivity index (χ0n) is 28.4. The number of anilines is 1. The maximum atomic E-state index is 14.0. The highest BCUT2D eigenvalue weighted by Gasteiger charge is 2.47. The van der Waals surface area contributed by atoms with Crippen molar-refractivity contribution in [2.45, 2.75) is 78.9 Å². The highest BCUT2D eigenvalue weighted by atomic mass is 16.5. The van der Waals surface area contributed by atoms with Crippen LogP contribution in [-0.2, 0) is 16.1 Å². The molecule has 0 bridgehead atoms. The van der Waals surface area contributed by atoms with Crippen LogP contribution in [0, 0.1) is 24.2 Å². The Kier molecular flexibility index (Phi) is 10.9. The first kappa shape index (κ1) is 33.4. The van der Waals surface area contributed by atoms with E-state index in [0.717, 1.165) is 94.0 Å². The molecule has 3 aliphatic heterocycles. The molecule has 8 nitrogen and oxygen atoms in total. The summed E-state index contributed by atoms with van der Waals surface area (Å²) in [6.45, 7) is 17.6. The number of hydrogen-bond acceptors (Lipinski definition) is 6. The second-order valence-electron chi connectivity index (χ2n) is 13.9. The van der Waals surface area contributed by atoms with E-state index in [9.17, 15) is 9.59 Å². The largest absolute Gasteiger partial charge is 0.379 e. The van der Waals surface area contributed by atoms with Crippen molar-refractivity contribution in [1.82, 2.24) is 20.9 Å². The van der Waals surface area contributed by atoms with Crippen LogP contribution in [0.1, 0.15) is 74.9 Å². The van der Waals surface area contributed by atoms with Gasteiger partial charge in [-0.3, -0.25) is 14.5 Å². The Bertz CT molecular complexity index is 1320. The number of hydrogen-bond donors (Lipinski definition) is 3. The third-order valence-corrected chi connectivity index (χ3v) is 11.3. The van der Waals surface area contributed by atoms with Crippen LogP contribution < -0.4 is 20.9 Å². The van der Waals surface area contributed by atoms with Crippen molar-refractivity contribution in [3.05, 3.63) is 53.1 Å². The summed E-state index contributed by atoms with van der Waals surface area (Å²) in [6, 6.07) is 13.6. The van der Waals surface area contributed by atoms with Crippen LogP contribution in [0.3, 0.4) is 0 Å². The molecule has 4 unspecified atom stereocenters. The minimum Gasteiger partial charge on any atom is -0.379 e. The number of rotatable bonds is 10. The van der Waals surface area contributed by atoms with Crippen LogP contribution in [-0.4, -0.2) is 81.8 Å². The summed E-state index contributed by atoms with van der Waals surface area (Å²) in [6.07, 6.45) is 4.25. The van der Waals surface area contributed by atoms with Gasteiger partial charge in [-0.2, -0.15) is 0 Å². The fourth-order valence-electron chi connectivity index (χ4n) is 7.80. The maximum absolute atomic E-state index is 14.0. The van der Waals surface area contributed by atoms with Gasteiger partial charge in [0.25, 0.3) is 5.91 Å². The van der Waals surface area contributed by atoms with Crippen LogP contribution in [0.5, 0.6) is 0 Å². The van der Waals surface area contributed by atoms with Crippen LogP contribution in [0.15, 0.2) is 36.4 Å². The molecule has 3 aliphatic rings. The first-order valence-electron chi connectivity index (χ1n) is 17.2. The number of carbonyl (C=O) groups excluding carboxylic acids is 2. The summed E-state index contributed by atoms with van der Waals surface area (Å²) in [5.74, 6) is -0.181. The number of ether oxygens (including phenoxy) is 1. The number of nitrogens with zero attached hydrogens (tertiary/aromatic N) is 2. The molecule has 4 atom stereocenters. The first-order chi connectivity index (χ1) is 21.6. The molecule has 2 amide bonds. The molecule has 2 aromatic carbocycles. The van der Waals surface area contributed by atoms with E-state index in [1.807, 2.05) is 6.07 Å². The molecule has 8 heteroatoms. The van der Waals surface area contributed by atoms with E-state index in [2.05, 4.69) is 97.7 Å². The average Bonchev–Trinajstić information content (AvgIpc) is 3.05. The first-order valence-corrected chi connectivity index (χ1v) is 17.2. The lowest BCUT2D eigenvalue weighted by Gasteiger charge is -2.48. The molecule has 3 fully saturated rings. The van der Waals surface area contributed by atoms with Gasteiger partial charge in [0.15, 0.2) is 0 Å². The Morgan fingerprint density at radius 2 is 1.78 bits per heavy atom. The monoisotopic (exact) mass is 617 g/mol. The van der Waals surface area contributed by atoms with Gasteiger partial charge in [0.1, 0.15) is 0 Å². The Morgan fingerprint density at radius 1 is 1.09 bits per heavy atom. The van der Waals surface area contributed by atoms with Crippen LogP contribution >= 0.6 is 0 Å². The van der Waals surface area contributed by atoms with Crippen LogP contribution in [0.25, 0.3) is 11.1 Å². The quantitative estimate of drug-likeness (QED) is 0.349.